The number of aliphatic hydroxyl groups excluding tert-OH is 1. The van der Waals surface area contributed by atoms with Gasteiger partial charge in [-0.05, 0) is 37.8 Å². The summed E-state index contributed by atoms with van der Waals surface area (Å²) in [5.41, 5.74) is 2.44. The Kier molecular flexibility index (Phi) is 7.51. The number of rotatable bonds is 4. The standard InChI is InChI=1S/C19H29N3O2.HI/c1-3-20-18(22-10-8-19(13-22)9-11-24-14-19)21-12-16-4-6-17(7-5-16)15(2)23;/h4-7,15,23H,3,8-14H2,1-2H3,(H,20,21);1H. The van der Waals surface area contributed by atoms with Crippen LogP contribution in [0.4, 0.5) is 0 Å². The van der Waals surface area contributed by atoms with E-state index >= 15 is 0 Å². The Morgan fingerprint density at radius 1 is 1.36 bits per heavy atom. The van der Waals surface area contributed by atoms with Crippen molar-refractivity contribution < 1.29 is 9.84 Å². The molecule has 25 heavy (non-hydrogen) atoms. The van der Waals surface area contributed by atoms with Crippen LogP contribution in [-0.4, -0.2) is 48.8 Å². The van der Waals surface area contributed by atoms with Crippen LogP contribution in [0.25, 0.3) is 0 Å². The summed E-state index contributed by atoms with van der Waals surface area (Å²) in [6, 6.07) is 8.04. The molecule has 140 valence electrons. The van der Waals surface area contributed by atoms with Crippen molar-refractivity contribution >= 4 is 29.9 Å². The molecule has 2 aliphatic rings. The molecule has 2 aliphatic heterocycles. The van der Waals surface area contributed by atoms with Gasteiger partial charge in [-0.3, -0.25) is 0 Å². The van der Waals surface area contributed by atoms with Gasteiger partial charge in [0, 0.05) is 31.7 Å². The molecule has 3 rings (SSSR count). The van der Waals surface area contributed by atoms with E-state index < -0.39 is 6.10 Å². The van der Waals surface area contributed by atoms with E-state index in [2.05, 4.69) is 17.1 Å². The van der Waals surface area contributed by atoms with Gasteiger partial charge in [0.05, 0.1) is 19.3 Å². The summed E-state index contributed by atoms with van der Waals surface area (Å²) in [6.45, 7) is 9.31. The van der Waals surface area contributed by atoms with Crippen LogP contribution >= 0.6 is 24.0 Å². The minimum atomic E-state index is -0.422. The quantitative estimate of drug-likeness (QED) is 0.413. The minimum Gasteiger partial charge on any atom is -0.389 e. The number of guanidine groups is 1. The van der Waals surface area contributed by atoms with Gasteiger partial charge in [0.2, 0.25) is 0 Å². The Labute approximate surface area is 167 Å². The van der Waals surface area contributed by atoms with E-state index in [0.29, 0.717) is 12.0 Å². The third-order valence-corrected chi connectivity index (χ3v) is 5.13. The Balaban J connectivity index is 0.00000225. The molecule has 0 amide bonds. The van der Waals surface area contributed by atoms with Crippen LogP contribution in [0.15, 0.2) is 29.3 Å². The number of nitrogens with zero attached hydrogens (tertiary/aromatic N) is 2. The molecule has 1 aromatic rings. The SMILES string of the molecule is CCNC(=NCc1ccc(C(C)O)cc1)N1CCC2(CCOC2)C1.I. The molecule has 6 heteroatoms. The van der Waals surface area contributed by atoms with Gasteiger partial charge in [0.1, 0.15) is 0 Å². The van der Waals surface area contributed by atoms with Gasteiger partial charge in [0.25, 0.3) is 0 Å². The average Bonchev–Trinajstić information content (AvgIpc) is 3.22. The summed E-state index contributed by atoms with van der Waals surface area (Å²) in [4.78, 5) is 7.20. The van der Waals surface area contributed by atoms with Gasteiger partial charge in [0.15, 0.2) is 5.96 Å². The zero-order valence-corrected chi connectivity index (χ0v) is 17.5. The maximum Gasteiger partial charge on any atom is 0.194 e. The Morgan fingerprint density at radius 2 is 2.12 bits per heavy atom. The lowest BCUT2D eigenvalue weighted by Gasteiger charge is -2.25. The van der Waals surface area contributed by atoms with Crippen molar-refractivity contribution in [2.75, 3.05) is 32.8 Å². The molecule has 2 unspecified atom stereocenters. The molecule has 0 radical (unpaired) electrons. The zero-order valence-electron chi connectivity index (χ0n) is 15.2. The Morgan fingerprint density at radius 3 is 2.72 bits per heavy atom. The monoisotopic (exact) mass is 459 g/mol. The first-order valence-corrected chi connectivity index (χ1v) is 9.00. The summed E-state index contributed by atoms with van der Waals surface area (Å²) < 4.78 is 5.62. The van der Waals surface area contributed by atoms with Crippen LogP contribution in [0.1, 0.15) is 43.9 Å². The molecule has 0 aromatic heterocycles. The van der Waals surface area contributed by atoms with Gasteiger partial charge < -0.3 is 20.1 Å². The fourth-order valence-corrected chi connectivity index (χ4v) is 3.58. The van der Waals surface area contributed by atoms with Gasteiger partial charge in [-0.25, -0.2) is 4.99 Å². The molecule has 2 N–H and O–H groups in total. The van der Waals surface area contributed by atoms with E-state index in [-0.39, 0.29) is 24.0 Å². The molecule has 2 atom stereocenters. The van der Waals surface area contributed by atoms with Gasteiger partial charge in [-0.15, -0.1) is 24.0 Å². The minimum absolute atomic E-state index is 0. The largest absolute Gasteiger partial charge is 0.389 e. The summed E-state index contributed by atoms with van der Waals surface area (Å²) in [7, 11) is 0. The molecule has 0 saturated carbocycles. The predicted molar refractivity (Wildman–Crippen MR) is 111 cm³/mol. The van der Waals surface area contributed by atoms with Crippen LogP contribution in [0.2, 0.25) is 0 Å². The van der Waals surface area contributed by atoms with E-state index in [1.54, 1.807) is 6.92 Å². The van der Waals surface area contributed by atoms with Crippen LogP contribution in [0.5, 0.6) is 0 Å². The molecule has 0 bridgehead atoms. The van der Waals surface area contributed by atoms with Crippen LogP contribution < -0.4 is 5.32 Å². The number of hydrogen-bond acceptors (Lipinski definition) is 3. The zero-order chi connectivity index (χ0) is 17.0. The second-order valence-electron chi connectivity index (χ2n) is 7.06. The van der Waals surface area contributed by atoms with Crippen LogP contribution in [-0.2, 0) is 11.3 Å². The number of aliphatic hydroxyl groups is 1. The van der Waals surface area contributed by atoms with Crippen molar-refractivity contribution in [3.63, 3.8) is 0 Å². The molecule has 0 aliphatic carbocycles. The molecule has 2 saturated heterocycles. The lowest BCUT2D eigenvalue weighted by atomic mass is 9.87. The smallest absolute Gasteiger partial charge is 0.194 e. The maximum atomic E-state index is 9.59. The molecule has 2 heterocycles. The van der Waals surface area contributed by atoms with E-state index in [4.69, 9.17) is 9.73 Å². The number of aliphatic imine (C=N–C) groups is 1. The van der Waals surface area contributed by atoms with E-state index in [9.17, 15) is 5.11 Å². The topological polar surface area (TPSA) is 57.1 Å². The van der Waals surface area contributed by atoms with E-state index in [1.807, 2.05) is 24.3 Å². The summed E-state index contributed by atoms with van der Waals surface area (Å²) >= 11 is 0. The predicted octanol–water partition coefficient (Wildman–Crippen LogP) is 2.94. The highest BCUT2D eigenvalue weighted by Crippen LogP contribution is 2.38. The fraction of sp³-hybridized carbons (Fsp3) is 0.632. The normalized spacial score (nSPS) is 24.4. The maximum absolute atomic E-state index is 9.59. The highest BCUT2D eigenvalue weighted by molar-refractivity contribution is 14.0. The second kappa shape index (κ2) is 9.19. The van der Waals surface area contributed by atoms with Gasteiger partial charge in [-0.2, -0.15) is 0 Å². The highest BCUT2D eigenvalue weighted by atomic mass is 127. The highest BCUT2D eigenvalue weighted by Gasteiger charge is 2.42. The number of hydrogen-bond donors (Lipinski definition) is 2. The first-order chi connectivity index (χ1) is 11.6. The Hall–Kier alpha value is -0.860. The summed E-state index contributed by atoms with van der Waals surface area (Å²) in [5.74, 6) is 1.00. The Bertz CT molecular complexity index is 569. The molecule has 1 spiro atoms. The first kappa shape index (κ1) is 20.5. The molecule has 5 nitrogen and oxygen atoms in total. The third kappa shape index (κ3) is 5.08. The van der Waals surface area contributed by atoms with Gasteiger partial charge in [-0.1, -0.05) is 24.3 Å². The van der Waals surface area contributed by atoms with E-state index in [0.717, 1.165) is 49.9 Å². The number of halogens is 1. The lowest BCUT2D eigenvalue weighted by Crippen LogP contribution is -2.41. The fourth-order valence-electron chi connectivity index (χ4n) is 3.58. The molecule has 2 fully saturated rings. The van der Waals surface area contributed by atoms with Crippen molar-refractivity contribution in [3.8, 4) is 0 Å². The van der Waals surface area contributed by atoms with Crippen molar-refractivity contribution in [3.05, 3.63) is 35.4 Å². The van der Waals surface area contributed by atoms with Gasteiger partial charge >= 0.3 is 0 Å². The van der Waals surface area contributed by atoms with Crippen LogP contribution in [0, 0.1) is 5.41 Å². The molecule has 1 aromatic carbocycles. The second-order valence-corrected chi connectivity index (χ2v) is 7.06. The van der Waals surface area contributed by atoms with Crippen molar-refractivity contribution in [1.29, 1.82) is 0 Å². The summed E-state index contributed by atoms with van der Waals surface area (Å²) in [6.07, 6.45) is 1.94. The van der Waals surface area contributed by atoms with E-state index in [1.165, 1.54) is 12.8 Å². The third-order valence-electron chi connectivity index (χ3n) is 5.13. The molecular weight excluding hydrogens is 429 g/mol. The summed E-state index contributed by atoms with van der Waals surface area (Å²) in [5, 5.41) is 13.0. The van der Waals surface area contributed by atoms with Crippen LogP contribution in [0.3, 0.4) is 0 Å². The number of nitrogens with one attached hydrogen (secondary N) is 1. The van der Waals surface area contributed by atoms with Crippen molar-refractivity contribution in [2.45, 2.75) is 39.3 Å². The average molecular weight is 459 g/mol. The number of likely N-dealkylation sites (tertiary alicyclic amines) is 1. The van der Waals surface area contributed by atoms with Crippen molar-refractivity contribution in [2.24, 2.45) is 10.4 Å². The van der Waals surface area contributed by atoms with Crippen molar-refractivity contribution in [1.82, 2.24) is 10.2 Å². The number of benzene rings is 1. The molecular formula is C19H30IN3O2. The first-order valence-electron chi connectivity index (χ1n) is 9.00. The number of ether oxygens (including phenoxy) is 1. The lowest BCUT2D eigenvalue weighted by molar-refractivity contribution is 0.156.